The van der Waals surface area contributed by atoms with Gasteiger partial charge < -0.3 is 10.5 Å². The summed E-state index contributed by atoms with van der Waals surface area (Å²) in [7, 11) is 1.62. The smallest absolute Gasteiger partial charge is 0.270 e. The molecule has 0 bridgehead atoms. The third kappa shape index (κ3) is 3.98. The summed E-state index contributed by atoms with van der Waals surface area (Å²) in [6.07, 6.45) is 0. The molecule has 1 amide bonds. The number of hydrazine groups is 1. The number of aromatic nitrogens is 1. The predicted molar refractivity (Wildman–Crippen MR) is 110 cm³/mol. The summed E-state index contributed by atoms with van der Waals surface area (Å²) in [6.45, 7) is 2.32. The van der Waals surface area contributed by atoms with Crippen LogP contribution in [0.1, 0.15) is 17.3 Å². The highest BCUT2D eigenvalue weighted by Gasteiger charge is 2.16. The molecule has 1 aromatic heterocycles. The number of nitrogens with two attached hydrogens (primary N) is 1. The number of thiocarbonyl (C=S) groups is 1. The van der Waals surface area contributed by atoms with Crippen LogP contribution in [0.15, 0.2) is 54.6 Å². The molecule has 7 heteroatoms. The van der Waals surface area contributed by atoms with Crippen molar-refractivity contribution in [3.8, 4) is 17.0 Å². The highest BCUT2D eigenvalue weighted by molar-refractivity contribution is 7.80. The summed E-state index contributed by atoms with van der Waals surface area (Å²) in [6, 6.07) is 16.8. The molecule has 0 spiro atoms. The third-order valence-corrected chi connectivity index (χ3v) is 4.39. The first-order valence-corrected chi connectivity index (χ1v) is 8.86. The molecular formula is C20H20N4O2S. The van der Waals surface area contributed by atoms with Crippen LogP contribution >= 0.6 is 12.2 Å². The van der Waals surface area contributed by atoms with Crippen LogP contribution in [0.25, 0.3) is 22.2 Å². The summed E-state index contributed by atoms with van der Waals surface area (Å²) in [5.41, 5.74) is 11.2. The molecular weight excluding hydrogens is 360 g/mol. The van der Waals surface area contributed by atoms with Gasteiger partial charge in [0, 0.05) is 17.5 Å². The van der Waals surface area contributed by atoms with E-state index in [0.29, 0.717) is 17.8 Å². The number of methoxy groups -OCH3 is 1. The molecule has 0 saturated carbocycles. The average molecular weight is 380 g/mol. The molecule has 0 aliphatic carbocycles. The average Bonchev–Trinajstić information content (AvgIpc) is 2.70. The topological polar surface area (TPSA) is 80.5 Å². The Morgan fingerprint density at radius 2 is 1.93 bits per heavy atom. The van der Waals surface area contributed by atoms with Crippen LogP contribution in [-0.4, -0.2) is 34.7 Å². The van der Waals surface area contributed by atoms with E-state index in [2.05, 4.69) is 5.43 Å². The van der Waals surface area contributed by atoms with Gasteiger partial charge in [-0.05, 0) is 55.5 Å². The lowest BCUT2D eigenvalue weighted by molar-refractivity contribution is 0.0876. The fraction of sp³-hybridized carbons (Fsp3) is 0.150. The van der Waals surface area contributed by atoms with Gasteiger partial charge in [-0.25, -0.2) is 4.98 Å². The molecule has 0 radical (unpaired) electrons. The maximum Gasteiger partial charge on any atom is 0.270 e. The third-order valence-electron chi connectivity index (χ3n) is 4.17. The highest BCUT2D eigenvalue weighted by Crippen LogP contribution is 2.26. The van der Waals surface area contributed by atoms with E-state index in [1.807, 2.05) is 55.5 Å². The predicted octanol–water partition coefficient (Wildman–Crippen LogP) is 3.12. The molecule has 0 fully saturated rings. The summed E-state index contributed by atoms with van der Waals surface area (Å²) < 4.78 is 5.20. The Labute approximate surface area is 162 Å². The van der Waals surface area contributed by atoms with Gasteiger partial charge in [-0.15, -0.1) is 0 Å². The molecule has 1 heterocycles. The van der Waals surface area contributed by atoms with E-state index in [0.717, 1.165) is 22.2 Å². The molecule has 138 valence electrons. The standard InChI is InChI=1S/C20H20N4O2S/c1-3-24(20(21)27)23-19(25)16-12-18(13-8-10-14(26-2)11-9-13)22-17-7-5-4-6-15(16)17/h4-12H,3H2,1-2H3,(H2,21,27)(H,23,25). The number of nitrogens with one attached hydrogen (secondary N) is 1. The van der Waals surface area contributed by atoms with Gasteiger partial charge in [0.1, 0.15) is 5.75 Å². The van der Waals surface area contributed by atoms with Gasteiger partial charge in [-0.2, -0.15) is 0 Å². The Morgan fingerprint density at radius 3 is 2.56 bits per heavy atom. The maximum absolute atomic E-state index is 12.9. The van der Waals surface area contributed by atoms with Crippen LogP contribution in [0, 0.1) is 0 Å². The van der Waals surface area contributed by atoms with Crippen LogP contribution < -0.4 is 15.9 Å². The van der Waals surface area contributed by atoms with Crippen LogP contribution in [0.4, 0.5) is 0 Å². The summed E-state index contributed by atoms with van der Waals surface area (Å²) >= 11 is 4.97. The van der Waals surface area contributed by atoms with Gasteiger partial charge in [0.15, 0.2) is 5.11 Å². The van der Waals surface area contributed by atoms with E-state index in [1.165, 1.54) is 5.01 Å². The summed E-state index contributed by atoms with van der Waals surface area (Å²) in [4.78, 5) is 17.6. The van der Waals surface area contributed by atoms with Gasteiger partial charge in [-0.3, -0.25) is 15.2 Å². The van der Waals surface area contributed by atoms with Gasteiger partial charge in [-0.1, -0.05) is 18.2 Å². The second kappa shape index (κ2) is 8.01. The summed E-state index contributed by atoms with van der Waals surface area (Å²) in [5.74, 6) is 0.463. The number of nitrogens with zero attached hydrogens (tertiary/aromatic N) is 2. The second-order valence-corrected chi connectivity index (χ2v) is 6.24. The number of para-hydroxylation sites is 1. The number of rotatable bonds is 4. The number of fused-ring (bicyclic) bond motifs is 1. The van der Waals surface area contributed by atoms with E-state index in [1.54, 1.807) is 13.2 Å². The zero-order chi connectivity index (χ0) is 19.4. The molecule has 0 aliphatic heterocycles. The first-order chi connectivity index (χ1) is 13.0. The quantitative estimate of drug-likeness (QED) is 0.535. The van der Waals surface area contributed by atoms with E-state index >= 15 is 0 Å². The molecule has 2 aromatic carbocycles. The summed E-state index contributed by atoms with van der Waals surface area (Å²) in [5, 5.41) is 2.30. The molecule has 0 atom stereocenters. The number of carbonyl (C=O) groups is 1. The van der Waals surface area contributed by atoms with E-state index in [-0.39, 0.29) is 11.0 Å². The van der Waals surface area contributed by atoms with Crippen molar-refractivity contribution in [2.45, 2.75) is 6.92 Å². The number of benzene rings is 2. The molecule has 6 nitrogen and oxygen atoms in total. The lowest BCUT2D eigenvalue weighted by Gasteiger charge is -2.22. The molecule has 0 aliphatic rings. The largest absolute Gasteiger partial charge is 0.497 e. The van der Waals surface area contributed by atoms with E-state index in [9.17, 15) is 4.79 Å². The minimum absolute atomic E-state index is 0.111. The highest BCUT2D eigenvalue weighted by atomic mass is 32.1. The molecule has 3 aromatic rings. The number of amides is 1. The Morgan fingerprint density at radius 1 is 1.22 bits per heavy atom. The Balaban J connectivity index is 2.07. The van der Waals surface area contributed by atoms with Crippen molar-refractivity contribution < 1.29 is 9.53 Å². The van der Waals surface area contributed by atoms with E-state index < -0.39 is 0 Å². The Hall–Kier alpha value is -3.19. The Bertz CT molecular complexity index is 989. The van der Waals surface area contributed by atoms with Crippen molar-refractivity contribution in [3.05, 3.63) is 60.2 Å². The van der Waals surface area contributed by atoms with Crippen molar-refractivity contribution in [1.82, 2.24) is 15.4 Å². The minimum atomic E-state index is -0.294. The molecule has 3 N–H and O–H groups in total. The van der Waals surface area contributed by atoms with Crippen molar-refractivity contribution >= 4 is 34.1 Å². The van der Waals surface area contributed by atoms with Crippen molar-refractivity contribution in [1.29, 1.82) is 0 Å². The molecule has 27 heavy (non-hydrogen) atoms. The number of pyridine rings is 1. The SMILES string of the molecule is CCN(NC(=O)c1cc(-c2ccc(OC)cc2)nc2ccccc12)C(N)=S. The van der Waals surface area contributed by atoms with Crippen LogP contribution in [0.5, 0.6) is 5.75 Å². The number of ether oxygens (including phenoxy) is 1. The van der Waals surface area contributed by atoms with Gasteiger partial charge >= 0.3 is 0 Å². The Kier molecular flexibility index (Phi) is 5.52. The van der Waals surface area contributed by atoms with Crippen LogP contribution in [-0.2, 0) is 0 Å². The zero-order valence-corrected chi connectivity index (χ0v) is 15.9. The van der Waals surface area contributed by atoms with Gasteiger partial charge in [0.05, 0.1) is 23.9 Å². The number of carbonyl (C=O) groups excluding carboxylic acids is 1. The van der Waals surface area contributed by atoms with Crippen LogP contribution in [0.3, 0.4) is 0 Å². The van der Waals surface area contributed by atoms with Crippen molar-refractivity contribution in [2.24, 2.45) is 5.73 Å². The normalized spacial score (nSPS) is 10.4. The molecule has 3 rings (SSSR count). The monoisotopic (exact) mass is 380 g/mol. The molecule has 0 saturated heterocycles. The number of hydrogen-bond acceptors (Lipinski definition) is 4. The lowest BCUT2D eigenvalue weighted by atomic mass is 10.0. The van der Waals surface area contributed by atoms with Gasteiger partial charge in [0.2, 0.25) is 0 Å². The van der Waals surface area contributed by atoms with Crippen molar-refractivity contribution in [3.63, 3.8) is 0 Å². The minimum Gasteiger partial charge on any atom is -0.497 e. The van der Waals surface area contributed by atoms with Crippen molar-refractivity contribution in [2.75, 3.05) is 13.7 Å². The zero-order valence-electron chi connectivity index (χ0n) is 15.1. The lowest BCUT2D eigenvalue weighted by Crippen LogP contribution is -2.48. The van der Waals surface area contributed by atoms with E-state index in [4.69, 9.17) is 27.7 Å². The first-order valence-electron chi connectivity index (χ1n) is 8.45. The fourth-order valence-corrected chi connectivity index (χ4v) is 2.92. The maximum atomic E-state index is 12.9. The molecule has 0 unspecified atom stereocenters. The van der Waals surface area contributed by atoms with Crippen LogP contribution in [0.2, 0.25) is 0 Å². The van der Waals surface area contributed by atoms with Gasteiger partial charge in [0.25, 0.3) is 5.91 Å². The second-order valence-electron chi connectivity index (χ2n) is 5.82. The fourth-order valence-electron chi connectivity index (χ4n) is 2.75. The first kappa shape index (κ1) is 18.6. The number of hydrogen-bond donors (Lipinski definition) is 2.